The fraction of sp³-hybridized carbons (Fsp3) is 0.611. The fourth-order valence-corrected chi connectivity index (χ4v) is 3.88. The molecule has 0 N–H and O–H groups in total. The quantitative estimate of drug-likeness (QED) is 0.765. The average molecular weight is 396 g/mol. The Morgan fingerprint density at radius 1 is 1.08 bits per heavy atom. The van der Waals surface area contributed by atoms with Gasteiger partial charge in [-0.1, -0.05) is 15.9 Å². The van der Waals surface area contributed by atoms with Crippen LogP contribution in [-0.2, 0) is 11.3 Å². The third-order valence-corrected chi connectivity index (χ3v) is 5.41. The minimum absolute atomic E-state index is 0.301. The molecular weight excluding hydrogens is 370 g/mol. The first-order valence-corrected chi connectivity index (χ1v) is 9.50. The first-order valence-electron chi connectivity index (χ1n) is 8.70. The normalized spacial score (nSPS) is 19.7. The number of nitrogens with zero attached hydrogens (tertiary/aromatic N) is 3. The topological polar surface area (TPSA) is 36.0 Å². The fourth-order valence-electron chi connectivity index (χ4n) is 3.47. The van der Waals surface area contributed by atoms with Gasteiger partial charge in [-0.05, 0) is 31.0 Å². The van der Waals surface area contributed by atoms with Gasteiger partial charge < -0.3 is 9.64 Å². The zero-order valence-electron chi connectivity index (χ0n) is 14.3. The Morgan fingerprint density at radius 3 is 2.42 bits per heavy atom. The molecular formula is C18H26BrN3O2. The summed E-state index contributed by atoms with van der Waals surface area (Å²) in [6.07, 6.45) is 2.32. The van der Waals surface area contributed by atoms with Gasteiger partial charge in [-0.25, -0.2) is 0 Å². The monoisotopic (exact) mass is 395 g/mol. The Hall–Kier alpha value is -1.11. The van der Waals surface area contributed by atoms with E-state index in [1.54, 1.807) is 7.11 Å². The number of halogens is 1. The van der Waals surface area contributed by atoms with Gasteiger partial charge in [0.25, 0.3) is 0 Å². The molecule has 0 radical (unpaired) electrons. The number of hydrogen-bond acceptors (Lipinski definition) is 4. The minimum atomic E-state index is 0.301. The number of ether oxygens (including phenoxy) is 1. The highest BCUT2D eigenvalue weighted by Gasteiger charge is 2.23. The van der Waals surface area contributed by atoms with Crippen LogP contribution in [-0.4, -0.2) is 73.5 Å². The van der Waals surface area contributed by atoms with Gasteiger partial charge >= 0.3 is 0 Å². The van der Waals surface area contributed by atoms with Gasteiger partial charge in [0.2, 0.25) is 5.91 Å². The van der Waals surface area contributed by atoms with Crippen LogP contribution in [0.3, 0.4) is 0 Å². The Balaban J connectivity index is 1.48. The van der Waals surface area contributed by atoms with Crippen molar-refractivity contribution in [3.8, 4) is 5.75 Å². The number of likely N-dealkylation sites (tertiary alicyclic amines) is 1. The SMILES string of the molecule is COc1ccc(Br)cc1CN1CCN(CC(=O)N2CCCC2)CC1. The van der Waals surface area contributed by atoms with Crippen molar-refractivity contribution in [1.29, 1.82) is 0 Å². The van der Waals surface area contributed by atoms with Gasteiger partial charge in [-0.2, -0.15) is 0 Å². The largest absolute Gasteiger partial charge is 0.496 e. The summed E-state index contributed by atoms with van der Waals surface area (Å²) < 4.78 is 6.54. The van der Waals surface area contributed by atoms with Gasteiger partial charge in [0.05, 0.1) is 13.7 Å². The van der Waals surface area contributed by atoms with Crippen LogP contribution in [0.15, 0.2) is 22.7 Å². The lowest BCUT2D eigenvalue weighted by Crippen LogP contribution is -2.49. The standard InChI is InChI=1S/C18H26BrN3O2/c1-24-17-5-4-16(19)12-15(17)13-20-8-10-21(11-9-20)14-18(23)22-6-2-3-7-22/h4-5,12H,2-3,6-11,13-14H2,1H3. The summed E-state index contributed by atoms with van der Waals surface area (Å²) in [5.41, 5.74) is 1.20. The van der Waals surface area contributed by atoms with E-state index < -0.39 is 0 Å². The molecule has 5 nitrogen and oxygen atoms in total. The van der Waals surface area contributed by atoms with E-state index in [0.29, 0.717) is 12.5 Å². The molecule has 132 valence electrons. The molecule has 0 saturated carbocycles. The Bertz CT molecular complexity index is 567. The smallest absolute Gasteiger partial charge is 0.236 e. The molecule has 2 aliphatic rings. The number of hydrogen-bond donors (Lipinski definition) is 0. The zero-order valence-corrected chi connectivity index (χ0v) is 15.9. The highest BCUT2D eigenvalue weighted by atomic mass is 79.9. The highest BCUT2D eigenvalue weighted by molar-refractivity contribution is 9.10. The molecule has 2 saturated heterocycles. The van der Waals surface area contributed by atoms with Gasteiger partial charge in [0.1, 0.15) is 5.75 Å². The second-order valence-electron chi connectivity index (χ2n) is 6.60. The van der Waals surface area contributed by atoms with Crippen LogP contribution in [0.2, 0.25) is 0 Å². The molecule has 0 aliphatic carbocycles. The van der Waals surface area contributed by atoms with E-state index in [9.17, 15) is 4.79 Å². The summed E-state index contributed by atoms with van der Waals surface area (Å²) in [4.78, 5) is 19.0. The summed E-state index contributed by atoms with van der Waals surface area (Å²) >= 11 is 3.53. The maximum atomic E-state index is 12.3. The molecule has 0 bridgehead atoms. The Morgan fingerprint density at radius 2 is 1.75 bits per heavy atom. The van der Waals surface area contributed by atoms with E-state index in [-0.39, 0.29) is 0 Å². The lowest BCUT2D eigenvalue weighted by Gasteiger charge is -2.35. The molecule has 0 spiro atoms. The summed E-state index contributed by atoms with van der Waals surface area (Å²) in [5, 5.41) is 0. The minimum Gasteiger partial charge on any atom is -0.496 e. The molecule has 2 fully saturated rings. The molecule has 1 aromatic carbocycles. The van der Waals surface area contributed by atoms with Crippen LogP contribution in [0.4, 0.5) is 0 Å². The second kappa shape index (κ2) is 8.32. The van der Waals surface area contributed by atoms with Crippen molar-refractivity contribution in [2.75, 3.05) is 52.9 Å². The lowest BCUT2D eigenvalue weighted by molar-refractivity contribution is -0.131. The molecule has 24 heavy (non-hydrogen) atoms. The summed E-state index contributed by atoms with van der Waals surface area (Å²) in [6, 6.07) is 6.14. The van der Waals surface area contributed by atoms with E-state index in [1.165, 1.54) is 5.56 Å². The predicted molar refractivity (Wildman–Crippen MR) is 98.2 cm³/mol. The molecule has 3 rings (SSSR count). The van der Waals surface area contributed by atoms with Crippen molar-refractivity contribution in [1.82, 2.24) is 14.7 Å². The van der Waals surface area contributed by atoms with Gasteiger partial charge in [-0.15, -0.1) is 0 Å². The molecule has 6 heteroatoms. The van der Waals surface area contributed by atoms with Gasteiger partial charge in [0.15, 0.2) is 0 Å². The average Bonchev–Trinajstić information content (AvgIpc) is 3.11. The summed E-state index contributed by atoms with van der Waals surface area (Å²) in [5.74, 6) is 1.24. The van der Waals surface area contributed by atoms with E-state index in [4.69, 9.17) is 4.74 Å². The van der Waals surface area contributed by atoms with Crippen LogP contribution >= 0.6 is 15.9 Å². The summed E-state index contributed by atoms with van der Waals surface area (Å²) in [7, 11) is 1.72. The van der Waals surface area contributed by atoms with Crippen molar-refractivity contribution >= 4 is 21.8 Å². The van der Waals surface area contributed by atoms with Crippen LogP contribution in [0, 0.1) is 0 Å². The molecule has 1 aromatic rings. The number of rotatable bonds is 5. The van der Waals surface area contributed by atoms with Crippen molar-refractivity contribution in [2.24, 2.45) is 0 Å². The number of carbonyl (C=O) groups is 1. The second-order valence-corrected chi connectivity index (χ2v) is 7.51. The van der Waals surface area contributed by atoms with E-state index in [1.807, 2.05) is 17.0 Å². The first kappa shape index (κ1) is 17.7. The van der Waals surface area contributed by atoms with Crippen molar-refractivity contribution < 1.29 is 9.53 Å². The van der Waals surface area contributed by atoms with Crippen LogP contribution in [0.25, 0.3) is 0 Å². The summed E-state index contributed by atoms with van der Waals surface area (Å²) in [6.45, 7) is 7.24. The van der Waals surface area contributed by atoms with Crippen LogP contribution < -0.4 is 4.74 Å². The number of benzene rings is 1. The third kappa shape index (κ3) is 4.49. The third-order valence-electron chi connectivity index (χ3n) is 4.92. The van der Waals surface area contributed by atoms with Gasteiger partial charge in [0, 0.05) is 55.8 Å². The Labute approximate surface area is 152 Å². The van der Waals surface area contributed by atoms with Gasteiger partial charge in [-0.3, -0.25) is 14.6 Å². The molecule has 0 atom stereocenters. The number of carbonyl (C=O) groups excluding carboxylic acids is 1. The van der Waals surface area contributed by atoms with Crippen LogP contribution in [0.1, 0.15) is 18.4 Å². The predicted octanol–water partition coefficient (Wildman–Crippen LogP) is 2.20. The number of amides is 1. The van der Waals surface area contributed by atoms with E-state index in [0.717, 1.165) is 68.9 Å². The molecule has 2 heterocycles. The van der Waals surface area contributed by atoms with Crippen molar-refractivity contribution in [3.05, 3.63) is 28.2 Å². The molecule has 0 aromatic heterocycles. The Kier molecular flexibility index (Phi) is 6.14. The number of piperazine rings is 1. The van der Waals surface area contributed by atoms with Crippen molar-refractivity contribution in [3.63, 3.8) is 0 Å². The first-order chi connectivity index (χ1) is 11.7. The zero-order chi connectivity index (χ0) is 16.9. The van der Waals surface area contributed by atoms with E-state index in [2.05, 4.69) is 31.8 Å². The van der Waals surface area contributed by atoms with Crippen molar-refractivity contribution in [2.45, 2.75) is 19.4 Å². The lowest BCUT2D eigenvalue weighted by atomic mass is 10.1. The maximum Gasteiger partial charge on any atom is 0.236 e. The maximum absolute atomic E-state index is 12.3. The number of methoxy groups -OCH3 is 1. The molecule has 1 amide bonds. The molecule has 2 aliphatic heterocycles. The molecule has 0 unspecified atom stereocenters. The van der Waals surface area contributed by atoms with E-state index >= 15 is 0 Å². The highest BCUT2D eigenvalue weighted by Crippen LogP contribution is 2.24. The van der Waals surface area contributed by atoms with Crippen LogP contribution in [0.5, 0.6) is 5.75 Å².